The predicted molar refractivity (Wildman–Crippen MR) is 67.0 cm³/mol. The number of hydrogen-bond acceptors (Lipinski definition) is 4. The summed E-state index contributed by atoms with van der Waals surface area (Å²) in [7, 11) is 0. The third-order valence-corrected chi connectivity index (χ3v) is 2.78. The Morgan fingerprint density at radius 3 is 2.53 bits per heavy atom. The molecule has 0 radical (unpaired) electrons. The minimum Gasteiger partial charge on any atom is -0.511 e. The summed E-state index contributed by atoms with van der Waals surface area (Å²) < 4.78 is 0. The molecule has 0 unspecified atom stereocenters. The molecule has 0 amide bonds. The van der Waals surface area contributed by atoms with Crippen molar-refractivity contribution < 1.29 is 14.7 Å². The first-order valence-electron chi connectivity index (χ1n) is 6.05. The van der Waals surface area contributed by atoms with E-state index >= 15 is 0 Å². The second-order valence-electron chi connectivity index (χ2n) is 5.07. The molecule has 0 aliphatic heterocycles. The van der Waals surface area contributed by atoms with Gasteiger partial charge in [0.15, 0.2) is 5.78 Å². The highest BCUT2D eigenvalue weighted by Crippen LogP contribution is 2.36. The summed E-state index contributed by atoms with van der Waals surface area (Å²) >= 11 is 0. The van der Waals surface area contributed by atoms with Crippen molar-refractivity contribution in [3.05, 3.63) is 11.3 Å². The lowest BCUT2D eigenvalue weighted by Crippen LogP contribution is -2.29. The molecule has 4 nitrogen and oxygen atoms in total. The second kappa shape index (κ2) is 5.34. The number of Topliss-reactive ketones (excluding diaryl/α,β-unsaturated/α-hetero) is 1. The van der Waals surface area contributed by atoms with Crippen LogP contribution in [0.2, 0.25) is 0 Å². The van der Waals surface area contributed by atoms with Crippen molar-refractivity contribution in [2.75, 3.05) is 6.61 Å². The molecule has 0 fully saturated rings. The number of allylic oxidation sites excluding steroid dienone is 2. The van der Waals surface area contributed by atoms with Gasteiger partial charge in [0.2, 0.25) is 0 Å². The molecule has 96 valence electrons. The highest BCUT2D eigenvalue weighted by Gasteiger charge is 2.34. The zero-order valence-corrected chi connectivity index (χ0v) is 11.0. The van der Waals surface area contributed by atoms with Gasteiger partial charge in [0.05, 0.1) is 11.3 Å². The lowest BCUT2D eigenvalue weighted by molar-refractivity contribution is -0.118. The van der Waals surface area contributed by atoms with E-state index < -0.39 is 0 Å². The molecule has 0 atom stereocenters. The molecule has 1 aliphatic rings. The van der Waals surface area contributed by atoms with Crippen LogP contribution in [0.4, 0.5) is 0 Å². The summed E-state index contributed by atoms with van der Waals surface area (Å²) in [5, 5.41) is 13.9. The molecular formula is C13H21NO3. The van der Waals surface area contributed by atoms with Crippen LogP contribution in [0.25, 0.3) is 0 Å². The number of aliphatic hydroxyl groups excluding tert-OH is 1. The summed E-state index contributed by atoms with van der Waals surface area (Å²) in [4.78, 5) is 17.0. The standard InChI is InChI=1S/C13H21NO3/c1-5-9(14-17-6-2)12-10(15)7-13(3,4)8-11(12)16/h15H,5-8H2,1-4H3. The maximum atomic E-state index is 12.0. The lowest BCUT2D eigenvalue weighted by Gasteiger charge is -2.29. The molecule has 1 N–H and O–H groups in total. The maximum Gasteiger partial charge on any atom is 0.168 e. The van der Waals surface area contributed by atoms with Crippen molar-refractivity contribution in [1.82, 2.24) is 0 Å². The molecule has 0 aromatic carbocycles. The molecule has 0 bridgehead atoms. The van der Waals surface area contributed by atoms with Crippen molar-refractivity contribution in [2.24, 2.45) is 10.6 Å². The minimum atomic E-state index is -0.171. The van der Waals surface area contributed by atoms with E-state index in [-0.39, 0.29) is 17.0 Å². The Morgan fingerprint density at radius 2 is 2.06 bits per heavy atom. The van der Waals surface area contributed by atoms with Crippen LogP contribution in [0.3, 0.4) is 0 Å². The van der Waals surface area contributed by atoms with Gasteiger partial charge in [-0.05, 0) is 18.8 Å². The van der Waals surface area contributed by atoms with E-state index in [9.17, 15) is 9.90 Å². The fourth-order valence-electron chi connectivity index (χ4n) is 2.05. The number of nitrogens with zero attached hydrogens (tertiary/aromatic N) is 1. The summed E-state index contributed by atoms with van der Waals surface area (Å²) in [5.74, 6) is 0.102. The monoisotopic (exact) mass is 239 g/mol. The molecular weight excluding hydrogens is 218 g/mol. The van der Waals surface area contributed by atoms with E-state index in [1.807, 2.05) is 27.7 Å². The van der Waals surface area contributed by atoms with Gasteiger partial charge in [-0.25, -0.2) is 0 Å². The Hall–Kier alpha value is -1.32. The second-order valence-corrected chi connectivity index (χ2v) is 5.07. The maximum absolute atomic E-state index is 12.0. The quantitative estimate of drug-likeness (QED) is 0.606. The van der Waals surface area contributed by atoms with E-state index in [1.54, 1.807) is 0 Å². The molecule has 0 aromatic heterocycles. The first-order valence-corrected chi connectivity index (χ1v) is 6.05. The number of rotatable bonds is 4. The number of hydrogen-bond donors (Lipinski definition) is 1. The largest absolute Gasteiger partial charge is 0.511 e. The van der Waals surface area contributed by atoms with Gasteiger partial charge in [0, 0.05) is 12.8 Å². The van der Waals surface area contributed by atoms with Crippen molar-refractivity contribution in [1.29, 1.82) is 0 Å². The number of ketones is 1. The average Bonchev–Trinajstić information content (AvgIpc) is 2.20. The lowest BCUT2D eigenvalue weighted by atomic mass is 9.75. The van der Waals surface area contributed by atoms with E-state index in [2.05, 4.69) is 5.16 Å². The minimum absolute atomic E-state index is 0.0425. The van der Waals surface area contributed by atoms with E-state index in [0.717, 1.165) is 0 Å². The fraction of sp³-hybridized carbons (Fsp3) is 0.692. The van der Waals surface area contributed by atoms with Crippen molar-refractivity contribution in [2.45, 2.75) is 47.0 Å². The highest BCUT2D eigenvalue weighted by atomic mass is 16.6. The van der Waals surface area contributed by atoms with Crippen LogP contribution >= 0.6 is 0 Å². The molecule has 1 aliphatic carbocycles. The zero-order valence-electron chi connectivity index (χ0n) is 11.0. The van der Waals surface area contributed by atoms with Crippen LogP contribution in [0.5, 0.6) is 0 Å². The Labute approximate surface area is 102 Å². The predicted octanol–water partition coefficient (Wildman–Crippen LogP) is 2.99. The Morgan fingerprint density at radius 1 is 1.41 bits per heavy atom. The van der Waals surface area contributed by atoms with Crippen LogP contribution in [-0.4, -0.2) is 23.2 Å². The van der Waals surface area contributed by atoms with Crippen LogP contribution in [0.15, 0.2) is 16.5 Å². The SMILES string of the molecule is CCON=C(CC)C1=C(O)CC(C)(C)CC1=O. The van der Waals surface area contributed by atoms with Crippen LogP contribution in [0.1, 0.15) is 47.0 Å². The molecule has 1 rings (SSSR count). The Kier molecular flexibility index (Phi) is 4.32. The molecule has 0 spiro atoms. The van der Waals surface area contributed by atoms with Gasteiger partial charge in [-0.2, -0.15) is 0 Å². The Bertz CT molecular complexity index is 367. The van der Waals surface area contributed by atoms with E-state index in [0.29, 0.717) is 37.2 Å². The van der Waals surface area contributed by atoms with Gasteiger partial charge < -0.3 is 9.94 Å². The third kappa shape index (κ3) is 3.32. The Balaban J connectivity index is 3.06. The van der Waals surface area contributed by atoms with Crippen molar-refractivity contribution in [3.8, 4) is 0 Å². The highest BCUT2D eigenvalue weighted by molar-refractivity contribution is 6.23. The molecule has 0 saturated carbocycles. The molecule has 0 saturated heterocycles. The van der Waals surface area contributed by atoms with E-state index in [4.69, 9.17) is 4.84 Å². The normalized spacial score (nSPS) is 20.7. The molecule has 0 aromatic rings. The van der Waals surface area contributed by atoms with Gasteiger partial charge in [-0.1, -0.05) is 25.9 Å². The van der Waals surface area contributed by atoms with Gasteiger partial charge in [-0.3, -0.25) is 4.79 Å². The summed E-state index contributed by atoms with van der Waals surface area (Å²) in [5.41, 5.74) is 0.736. The number of carbonyl (C=O) groups is 1. The number of aliphatic hydroxyl groups is 1. The summed E-state index contributed by atoms with van der Waals surface area (Å²) in [6.45, 7) is 8.13. The fourth-order valence-corrected chi connectivity index (χ4v) is 2.05. The first kappa shape index (κ1) is 13.7. The molecule has 0 heterocycles. The van der Waals surface area contributed by atoms with Gasteiger partial charge in [0.25, 0.3) is 0 Å². The van der Waals surface area contributed by atoms with E-state index in [1.165, 1.54) is 0 Å². The van der Waals surface area contributed by atoms with Gasteiger partial charge in [0.1, 0.15) is 12.4 Å². The van der Waals surface area contributed by atoms with Crippen molar-refractivity contribution in [3.63, 3.8) is 0 Å². The van der Waals surface area contributed by atoms with Gasteiger partial charge in [-0.15, -0.1) is 0 Å². The van der Waals surface area contributed by atoms with Crippen LogP contribution in [-0.2, 0) is 9.63 Å². The number of oxime groups is 1. The number of carbonyl (C=O) groups excluding carboxylic acids is 1. The molecule has 17 heavy (non-hydrogen) atoms. The summed E-state index contributed by atoms with van der Waals surface area (Å²) in [6.07, 6.45) is 1.53. The van der Waals surface area contributed by atoms with Gasteiger partial charge >= 0.3 is 0 Å². The van der Waals surface area contributed by atoms with Crippen LogP contribution < -0.4 is 0 Å². The van der Waals surface area contributed by atoms with Crippen molar-refractivity contribution >= 4 is 11.5 Å². The zero-order chi connectivity index (χ0) is 13.1. The van der Waals surface area contributed by atoms with Crippen LogP contribution in [0, 0.1) is 5.41 Å². The smallest absolute Gasteiger partial charge is 0.168 e. The average molecular weight is 239 g/mol. The summed E-state index contributed by atoms with van der Waals surface area (Å²) in [6, 6.07) is 0. The topological polar surface area (TPSA) is 58.9 Å². The first-order chi connectivity index (χ1) is 7.91. The third-order valence-electron chi connectivity index (χ3n) is 2.78. The molecule has 4 heteroatoms.